The number of thioether (sulfide) groups is 1. The van der Waals surface area contributed by atoms with Gasteiger partial charge in [0.15, 0.2) is 0 Å². The van der Waals surface area contributed by atoms with E-state index >= 15 is 0 Å². The summed E-state index contributed by atoms with van der Waals surface area (Å²) in [7, 11) is 0. The molecule has 252 valence electrons. The van der Waals surface area contributed by atoms with E-state index in [1.807, 2.05) is 23.5 Å². The van der Waals surface area contributed by atoms with Crippen LogP contribution in [0.15, 0.2) is 185 Å². The number of aromatic nitrogens is 1. The molecule has 6 heteroatoms. The van der Waals surface area contributed by atoms with Crippen LogP contribution in [0.4, 0.5) is 28.4 Å². The summed E-state index contributed by atoms with van der Waals surface area (Å²) >= 11 is 3.92. The molecule has 8 aromatic rings. The van der Waals surface area contributed by atoms with Crippen molar-refractivity contribution in [3.63, 3.8) is 0 Å². The normalized spacial score (nSPS) is 18.0. The van der Waals surface area contributed by atoms with Crippen LogP contribution >= 0.6 is 23.5 Å². The molecular weight excluding hydrogens is 693 g/mol. The highest BCUT2D eigenvalue weighted by Crippen LogP contribution is 2.55. The molecule has 54 heavy (non-hydrogen) atoms. The first kappa shape index (κ1) is 29.6. The summed E-state index contributed by atoms with van der Waals surface area (Å²) < 4.78 is 2.41. The second-order valence-electron chi connectivity index (χ2n) is 14.8. The molecule has 2 atom stereocenters. The monoisotopic (exact) mass is 723 g/mol. The van der Waals surface area contributed by atoms with E-state index in [9.17, 15) is 0 Å². The number of fused-ring (bicyclic) bond motifs is 11. The lowest BCUT2D eigenvalue weighted by molar-refractivity contribution is 0.780. The highest BCUT2D eigenvalue weighted by Gasteiger charge is 2.49. The number of allylic oxidation sites excluding steroid dienone is 2. The lowest BCUT2D eigenvalue weighted by Gasteiger charge is -2.51. The minimum atomic E-state index is 0.144. The molecule has 4 aliphatic heterocycles. The standard InChI is InChI=1S/C48H30BN3S2/c1-3-15-36-32(11-1)33-12-2-4-16-37(33)50(36)31-25-23-29(24-26-31)30-27-40-46-41(28-30)52-39-18-6-8-20-43(39)54-45-22-10-14-35(48(45)52)49(46)34-13-9-21-44-47(34)51(40)38-17-5-7-19-42(38)53-44/h1-28,38,42H. The largest absolute Gasteiger partial charge is 0.333 e. The summed E-state index contributed by atoms with van der Waals surface area (Å²) in [6, 6.07) is 54.9. The Labute approximate surface area is 322 Å². The number of anilines is 5. The highest BCUT2D eigenvalue weighted by molar-refractivity contribution is 8.00. The van der Waals surface area contributed by atoms with Crippen LogP contribution < -0.4 is 26.2 Å². The SMILES string of the molecule is C1=CC2Sc3cccc4c3N(c3cc(-c5ccc(-n6c7ccccc7c7ccccc76)cc5)cc5c3B4c3cccc4c3N5c3ccccc3S4)C2C=C1. The van der Waals surface area contributed by atoms with Gasteiger partial charge in [-0.3, -0.25) is 0 Å². The molecule has 0 amide bonds. The fraction of sp³-hybridized carbons (Fsp3) is 0.0417. The number of para-hydroxylation sites is 5. The zero-order valence-electron chi connectivity index (χ0n) is 29.1. The van der Waals surface area contributed by atoms with Crippen LogP contribution in [0.3, 0.4) is 0 Å². The van der Waals surface area contributed by atoms with Crippen molar-refractivity contribution in [2.24, 2.45) is 0 Å². The quantitative estimate of drug-likeness (QED) is 0.165. The van der Waals surface area contributed by atoms with E-state index in [0.29, 0.717) is 5.25 Å². The molecule has 0 radical (unpaired) electrons. The topological polar surface area (TPSA) is 11.4 Å². The van der Waals surface area contributed by atoms with Gasteiger partial charge in [-0.05, 0) is 88.2 Å². The Morgan fingerprint density at radius 1 is 0.519 bits per heavy atom. The molecule has 1 aliphatic carbocycles. The minimum Gasteiger partial charge on any atom is -0.333 e. The lowest BCUT2D eigenvalue weighted by atomic mass is 9.33. The predicted octanol–water partition coefficient (Wildman–Crippen LogP) is 10.6. The summed E-state index contributed by atoms with van der Waals surface area (Å²) in [5.41, 5.74) is 16.9. The van der Waals surface area contributed by atoms with Crippen LogP contribution in [0.1, 0.15) is 0 Å². The fourth-order valence-corrected chi connectivity index (χ4v) is 12.3. The molecule has 5 aliphatic rings. The summed E-state index contributed by atoms with van der Waals surface area (Å²) in [5.74, 6) is 0. The first-order valence-corrected chi connectivity index (χ1v) is 20.4. The molecule has 0 N–H and O–H groups in total. The van der Waals surface area contributed by atoms with Crippen molar-refractivity contribution in [3.05, 3.63) is 170 Å². The number of rotatable bonds is 2. The highest BCUT2D eigenvalue weighted by atomic mass is 32.2. The lowest BCUT2D eigenvalue weighted by Crippen LogP contribution is -2.64. The van der Waals surface area contributed by atoms with E-state index in [1.165, 1.54) is 98.1 Å². The summed E-state index contributed by atoms with van der Waals surface area (Å²) in [5, 5.41) is 2.91. The third kappa shape index (κ3) is 3.87. The van der Waals surface area contributed by atoms with E-state index in [-0.39, 0.29) is 12.8 Å². The second-order valence-corrected chi connectivity index (χ2v) is 17.1. The molecule has 3 nitrogen and oxygen atoms in total. The number of benzene rings is 7. The van der Waals surface area contributed by atoms with Crippen molar-refractivity contribution in [2.75, 3.05) is 9.80 Å². The van der Waals surface area contributed by atoms with Gasteiger partial charge in [-0.1, -0.05) is 121 Å². The van der Waals surface area contributed by atoms with Crippen molar-refractivity contribution >= 4 is 96.9 Å². The van der Waals surface area contributed by atoms with Gasteiger partial charge in [0, 0.05) is 42.5 Å². The van der Waals surface area contributed by atoms with Gasteiger partial charge in [0.25, 0.3) is 6.71 Å². The van der Waals surface area contributed by atoms with Crippen molar-refractivity contribution in [1.29, 1.82) is 0 Å². The third-order valence-electron chi connectivity index (χ3n) is 12.1. The molecule has 1 aromatic heterocycles. The van der Waals surface area contributed by atoms with Crippen LogP contribution in [-0.4, -0.2) is 22.6 Å². The first-order valence-electron chi connectivity index (χ1n) is 18.7. The van der Waals surface area contributed by atoms with E-state index in [2.05, 4.69) is 184 Å². The summed E-state index contributed by atoms with van der Waals surface area (Å²) in [6.45, 7) is 0.144. The van der Waals surface area contributed by atoms with Gasteiger partial charge in [-0.25, -0.2) is 0 Å². The van der Waals surface area contributed by atoms with Crippen LogP contribution in [0, 0.1) is 0 Å². The zero-order chi connectivity index (χ0) is 35.1. The third-order valence-corrected chi connectivity index (χ3v) is 14.5. The Morgan fingerprint density at radius 3 is 2.00 bits per heavy atom. The fourth-order valence-electron chi connectivity index (χ4n) is 9.88. The molecule has 7 aromatic carbocycles. The average molecular weight is 724 g/mol. The van der Waals surface area contributed by atoms with Gasteiger partial charge in [0.2, 0.25) is 0 Å². The average Bonchev–Trinajstić information content (AvgIpc) is 3.57. The predicted molar refractivity (Wildman–Crippen MR) is 230 cm³/mol. The van der Waals surface area contributed by atoms with E-state index in [0.717, 1.165) is 0 Å². The summed E-state index contributed by atoms with van der Waals surface area (Å²) in [6.07, 6.45) is 9.27. The molecule has 0 fully saturated rings. The number of nitrogens with zero attached hydrogens (tertiary/aromatic N) is 3. The minimum absolute atomic E-state index is 0.144. The van der Waals surface area contributed by atoms with Crippen molar-refractivity contribution in [3.8, 4) is 16.8 Å². The van der Waals surface area contributed by atoms with E-state index < -0.39 is 0 Å². The molecule has 2 unspecified atom stereocenters. The van der Waals surface area contributed by atoms with Gasteiger partial charge in [0.1, 0.15) is 0 Å². The molecule has 0 bridgehead atoms. The first-order chi connectivity index (χ1) is 26.8. The van der Waals surface area contributed by atoms with Gasteiger partial charge in [-0.2, -0.15) is 0 Å². The Hall–Kier alpha value is -5.82. The maximum atomic E-state index is 2.69. The Kier molecular flexibility index (Phi) is 5.97. The maximum Gasteiger partial charge on any atom is 0.252 e. The van der Waals surface area contributed by atoms with Gasteiger partial charge in [-0.15, -0.1) is 11.8 Å². The van der Waals surface area contributed by atoms with Gasteiger partial charge >= 0.3 is 0 Å². The van der Waals surface area contributed by atoms with Crippen molar-refractivity contribution in [2.45, 2.75) is 26.0 Å². The Morgan fingerprint density at radius 2 is 1.19 bits per heavy atom. The molecule has 0 saturated heterocycles. The van der Waals surface area contributed by atoms with Crippen LogP contribution in [0.2, 0.25) is 0 Å². The molecule has 13 rings (SSSR count). The maximum absolute atomic E-state index is 2.69. The summed E-state index contributed by atoms with van der Waals surface area (Å²) in [4.78, 5) is 9.26. The van der Waals surface area contributed by atoms with Crippen LogP contribution in [0.5, 0.6) is 0 Å². The number of hydrogen-bond acceptors (Lipinski definition) is 4. The Bertz CT molecular complexity index is 2940. The molecule has 5 heterocycles. The smallest absolute Gasteiger partial charge is 0.252 e. The molecule has 0 spiro atoms. The van der Waals surface area contributed by atoms with Gasteiger partial charge in [0.05, 0.1) is 39.4 Å². The van der Waals surface area contributed by atoms with E-state index in [1.54, 1.807) is 0 Å². The Balaban J connectivity index is 1.07. The van der Waals surface area contributed by atoms with Crippen LogP contribution in [-0.2, 0) is 0 Å². The van der Waals surface area contributed by atoms with Crippen LogP contribution in [0.25, 0.3) is 38.6 Å². The van der Waals surface area contributed by atoms with Gasteiger partial charge < -0.3 is 14.4 Å². The molecular formula is C48H30BN3S2. The number of hydrogen-bond donors (Lipinski definition) is 0. The van der Waals surface area contributed by atoms with Crippen molar-refractivity contribution < 1.29 is 0 Å². The molecule has 0 saturated carbocycles. The van der Waals surface area contributed by atoms with E-state index in [4.69, 9.17) is 0 Å². The second kappa shape index (κ2) is 10.9. The zero-order valence-corrected chi connectivity index (χ0v) is 30.7. The van der Waals surface area contributed by atoms with Crippen molar-refractivity contribution in [1.82, 2.24) is 4.57 Å².